The molecule has 8 heteroatoms. The van der Waals surface area contributed by atoms with Gasteiger partial charge in [-0.25, -0.2) is 14.6 Å². The van der Waals surface area contributed by atoms with Gasteiger partial charge in [0.25, 0.3) is 5.95 Å². The molecule has 0 atom stereocenters. The molecule has 1 aliphatic heterocycles. The molecule has 0 unspecified atom stereocenters. The fourth-order valence-corrected chi connectivity index (χ4v) is 3.86. The summed E-state index contributed by atoms with van der Waals surface area (Å²) in [5.41, 5.74) is 2.48. The third-order valence-electron chi connectivity index (χ3n) is 5.27. The van der Waals surface area contributed by atoms with E-state index in [2.05, 4.69) is 30.9 Å². The number of Topliss-reactive ketones (excluding diaryl/α,β-unsaturated/α-hetero) is 1. The molecule has 0 bridgehead atoms. The highest BCUT2D eigenvalue weighted by Gasteiger charge is 2.21. The quantitative estimate of drug-likeness (QED) is 0.582. The number of aromatic nitrogens is 4. The van der Waals surface area contributed by atoms with Gasteiger partial charge in [0.05, 0.1) is 28.2 Å². The summed E-state index contributed by atoms with van der Waals surface area (Å²) in [5.74, 6) is 0.568. The second kappa shape index (κ2) is 8.71. The Hall–Kier alpha value is -2.77. The summed E-state index contributed by atoms with van der Waals surface area (Å²) in [6, 6.07) is 9.68. The van der Waals surface area contributed by atoms with E-state index in [1.54, 1.807) is 29.3 Å². The van der Waals surface area contributed by atoms with Crippen LogP contribution < -0.4 is 4.90 Å². The van der Waals surface area contributed by atoms with Gasteiger partial charge in [-0.15, -0.1) is 0 Å². The van der Waals surface area contributed by atoms with Crippen LogP contribution in [0.25, 0.3) is 5.95 Å². The molecule has 0 amide bonds. The fourth-order valence-electron chi connectivity index (χ4n) is 3.60. The minimum atomic E-state index is 0.0956. The molecule has 1 saturated heterocycles. The van der Waals surface area contributed by atoms with Crippen molar-refractivity contribution < 1.29 is 4.79 Å². The molecule has 1 fully saturated rings. The van der Waals surface area contributed by atoms with E-state index in [-0.39, 0.29) is 5.78 Å². The predicted molar refractivity (Wildman–Crippen MR) is 113 cm³/mol. The Bertz CT molecular complexity index is 982. The van der Waals surface area contributed by atoms with Crippen molar-refractivity contribution in [1.29, 1.82) is 0 Å². The molecule has 0 aliphatic carbocycles. The standard InChI is InChI=1S/C21H23ClN6O/c1-16-17(15-25-28(16)21-23-8-4-9-24-21)20(29)7-10-26-11-13-27(14-12-26)19-6-3-2-5-18(19)22/h2-6,8-9,15H,7,10-14H2,1H3. The van der Waals surface area contributed by atoms with Gasteiger partial charge in [-0.2, -0.15) is 5.10 Å². The van der Waals surface area contributed by atoms with E-state index in [0.717, 1.165) is 49.1 Å². The molecule has 7 nitrogen and oxygen atoms in total. The lowest BCUT2D eigenvalue weighted by atomic mass is 10.1. The van der Waals surface area contributed by atoms with Crippen molar-refractivity contribution in [3.8, 4) is 5.95 Å². The van der Waals surface area contributed by atoms with E-state index in [1.165, 1.54) is 0 Å². The van der Waals surface area contributed by atoms with Crippen LogP contribution in [0.5, 0.6) is 0 Å². The zero-order valence-corrected chi connectivity index (χ0v) is 17.1. The molecule has 0 spiro atoms. The molecule has 1 aliphatic rings. The first kappa shape index (κ1) is 19.5. The van der Waals surface area contributed by atoms with Crippen LogP contribution in [0.2, 0.25) is 5.02 Å². The number of carbonyl (C=O) groups is 1. The lowest BCUT2D eigenvalue weighted by Crippen LogP contribution is -2.47. The molecule has 150 valence electrons. The first-order chi connectivity index (χ1) is 14.1. The van der Waals surface area contributed by atoms with Crippen molar-refractivity contribution in [1.82, 2.24) is 24.6 Å². The monoisotopic (exact) mass is 410 g/mol. The first-order valence-electron chi connectivity index (χ1n) is 9.70. The molecule has 2 aromatic heterocycles. The molecule has 4 rings (SSSR count). The number of halogens is 1. The van der Waals surface area contributed by atoms with Crippen molar-refractivity contribution in [2.75, 3.05) is 37.6 Å². The molecule has 0 radical (unpaired) electrons. The predicted octanol–water partition coefficient (Wildman–Crippen LogP) is 3.02. The summed E-state index contributed by atoms with van der Waals surface area (Å²) < 4.78 is 1.61. The topological polar surface area (TPSA) is 67.2 Å². The van der Waals surface area contributed by atoms with E-state index in [1.807, 2.05) is 25.1 Å². The highest BCUT2D eigenvalue weighted by atomic mass is 35.5. The van der Waals surface area contributed by atoms with Crippen molar-refractivity contribution in [3.05, 3.63) is 65.2 Å². The van der Waals surface area contributed by atoms with Gasteiger partial charge in [-0.3, -0.25) is 9.69 Å². The number of hydrogen-bond donors (Lipinski definition) is 0. The number of benzene rings is 1. The summed E-state index contributed by atoms with van der Waals surface area (Å²) in [6.45, 7) is 6.24. The van der Waals surface area contributed by atoms with Gasteiger partial charge in [-0.1, -0.05) is 23.7 Å². The van der Waals surface area contributed by atoms with Crippen LogP contribution in [0.3, 0.4) is 0 Å². The molecule has 0 saturated carbocycles. The average Bonchev–Trinajstić information content (AvgIpc) is 3.15. The Balaban J connectivity index is 1.32. The average molecular weight is 411 g/mol. The van der Waals surface area contributed by atoms with Crippen molar-refractivity contribution in [2.24, 2.45) is 0 Å². The van der Waals surface area contributed by atoms with E-state index in [0.29, 0.717) is 17.9 Å². The SMILES string of the molecule is Cc1c(C(=O)CCN2CCN(c3ccccc3Cl)CC2)cnn1-c1ncccn1. The second-order valence-corrected chi connectivity index (χ2v) is 7.46. The van der Waals surface area contributed by atoms with E-state index >= 15 is 0 Å². The van der Waals surface area contributed by atoms with Gasteiger partial charge in [0.1, 0.15) is 0 Å². The molecule has 29 heavy (non-hydrogen) atoms. The number of ketones is 1. The molecule has 3 aromatic rings. The molecule has 1 aromatic carbocycles. The maximum atomic E-state index is 12.7. The van der Waals surface area contributed by atoms with E-state index < -0.39 is 0 Å². The van der Waals surface area contributed by atoms with Crippen molar-refractivity contribution in [2.45, 2.75) is 13.3 Å². The lowest BCUT2D eigenvalue weighted by Gasteiger charge is -2.36. The molecule has 3 heterocycles. The van der Waals surface area contributed by atoms with Crippen LogP contribution in [0, 0.1) is 6.92 Å². The summed E-state index contributed by atoms with van der Waals surface area (Å²) >= 11 is 6.31. The maximum absolute atomic E-state index is 12.7. The Morgan fingerprint density at radius 2 is 1.79 bits per heavy atom. The number of anilines is 1. The van der Waals surface area contributed by atoms with Gasteiger partial charge in [0.15, 0.2) is 5.78 Å². The van der Waals surface area contributed by atoms with Crippen molar-refractivity contribution in [3.63, 3.8) is 0 Å². The van der Waals surface area contributed by atoms with E-state index in [9.17, 15) is 4.79 Å². The molecule has 0 N–H and O–H groups in total. The Labute approximate surface area is 174 Å². The Morgan fingerprint density at radius 1 is 1.07 bits per heavy atom. The summed E-state index contributed by atoms with van der Waals surface area (Å²) in [5, 5.41) is 5.07. The van der Waals surface area contributed by atoms with Gasteiger partial charge in [0, 0.05) is 51.5 Å². The largest absolute Gasteiger partial charge is 0.368 e. The summed E-state index contributed by atoms with van der Waals surface area (Å²) in [6.07, 6.45) is 5.40. The summed E-state index contributed by atoms with van der Waals surface area (Å²) in [4.78, 5) is 25.8. The van der Waals surface area contributed by atoms with Crippen LogP contribution in [-0.4, -0.2) is 63.2 Å². The third-order valence-corrected chi connectivity index (χ3v) is 5.59. The normalized spacial score (nSPS) is 14.9. The van der Waals surface area contributed by atoms with Crippen LogP contribution in [-0.2, 0) is 0 Å². The fraction of sp³-hybridized carbons (Fsp3) is 0.333. The minimum absolute atomic E-state index is 0.0956. The number of para-hydroxylation sites is 1. The first-order valence-corrected chi connectivity index (χ1v) is 10.1. The Morgan fingerprint density at radius 3 is 2.52 bits per heavy atom. The van der Waals surface area contributed by atoms with Crippen LogP contribution in [0.4, 0.5) is 5.69 Å². The van der Waals surface area contributed by atoms with Gasteiger partial charge in [0.2, 0.25) is 0 Å². The van der Waals surface area contributed by atoms with Crippen LogP contribution >= 0.6 is 11.6 Å². The highest BCUT2D eigenvalue weighted by Crippen LogP contribution is 2.26. The van der Waals surface area contributed by atoms with Gasteiger partial charge in [-0.05, 0) is 25.1 Å². The maximum Gasteiger partial charge on any atom is 0.250 e. The van der Waals surface area contributed by atoms with Crippen LogP contribution in [0.1, 0.15) is 22.5 Å². The lowest BCUT2D eigenvalue weighted by molar-refractivity contribution is 0.0962. The van der Waals surface area contributed by atoms with Crippen molar-refractivity contribution >= 4 is 23.1 Å². The number of nitrogens with zero attached hydrogens (tertiary/aromatic N) is 6. The van der Waals surface area contributed by atoms with Gasteiger partial charge < -0.3 is 4.90 Å². The smallest absolute Gasteiger partial charge is 0.250 e. The molecular weight excluding hydrogens is 388 g/mol. The third kappa shape index (κ3) is 4.31. The number of rotatable bonds is 6. The number of carbonyl (C=O) groups excluding carboxylic acids is 1. The Kier molecular flexibility index (Phi) is 5.87. The number of hydrogen-bond acceptors (Lipinski definition) is 6. The van der Waals surface area contributed by atoms with E-state index in [4.69, 9.17) is 11.6 Å². The minimum Gasteiger partial charge on any atom is -0.368 e. The van der Waals surface area contributed by atoms with Crippen LogP contribution in [0.15, 0.2) is 48.9 Å². The zero-order chi connectivity index (χ0) is 20.2. The molecular formula is C21H23ClN6O. The highest BCUT2D eigenvalue weighted by molar-refractivity contribution is 6.33. The zero-order valence-electron chi connectivity index (χ0n) is 16.3. The number of piperazine rings is 1. The second-order valence-electron chi connectivity index (χ2n) is 7.06. The van der Waals surface area contributed by atoms with Gasteiger partial charge >= 0.3 is 0 Å². The summed E-state index contributed by atoms with van der Waals surface area (Å²) in [7, 11) is 0.